The molecule has 1 N–H and O–H groups in total. The van der Waals surface area contributed by atoms with Crippen molar-refractivity contribution >= 4 is 17.5 Å². The van der Waals surface area contributed by atoms with Gasteiger partial charge >= 0.3 is 5.69 Å². The van der Waals surface area contributed by atoms with Gasteiger partial charge in [-0.05, 0) is 41.8 Å². The Bertz CT molecular complexity index is 1200. The van der Waals surface area contributed by atoms with Crippen molar-refractivity contribution < 1.29 is 9.18 Å². The van der Waals surface area contributed by atoms with Gasteiger partial charge in [0.2, 0.25) is 5.69 Å². The van der Waals surface area contributed by atoms with E-state index in [1.54, 1.807) is 24.3 Å². The predicted octanol–water partition coefficient (Wildman–Crippen LogP) is 2.62. The lowest BCUT2D eigenvalue weighted by Crippen LogP contribution is -2.46. The van der Waals surface area contributed by atoms with Crippen LogP contribution >= 0.6 is 11.6 Å². The molecular weight excluding hydrogens is 411 g/mol. The van der Waals surface area contributed by atoms with Crippen molar-refractivity contribution in [3.05, 3.63) is 91.5 Å². The fraction of sp³-hybridized carbons (Fsp3) is 0.238. The summed E-state index contributed by atoms with van der Waals surface area (Å²) in [5, 5.41) is 7.01. The standard InChI is InChI=1S/C21H20ClFN4O3/c1-13(2)11-24-19(28)18-20(29)26(12-14-5-3-6-15(22)9-14)21(30)27(25-18)17-8-4-7-16(23)10-17/h3-10,13H,11-12H2,1-2H3,(H,24,28). The van der Waals surface area contributed by atoms with Crippen molar-refractivity contribution in [2.75, 3.05) is 6.54 Å². The third-order valence-corrected chi connectivity index (χ3v) is 4.46. The van der Waals surface area contributed by atoms with Gasteiger partial charge in [0.15, 0.2) is 0 Å². The number of benzene rings is 2. The number of carbonyl (C=O) groups excluding carboxylic acids is 1. The first-order valence-electron chi connectivity index (χ1n) is 9.29. The normalized spacial score (nSPS) is 11.0. The fourth-order valence-corrected chi connectivity index (χ4v) is 2.98. The molecule has 0 radical (unpaired) electrons. The number of aromatic nitrogens is 3. The number of hydrogen-bond donors (Lipinski definition) is 1. The highest BCUT2D eigenvalue weighted by atomic mass is 35.5. The van der Waals surface area contributed by atoms with Crippen molar-refractivity contribution in [2.45, 2.75) is 20.4 Å². The predicted molar refractivity (Wildman–Crippen MR) is 112 cm³/mol. The minimum Gasteiger partial charge on any atom is -0.350 e. The summed E-state index contributed by atoms with van der Waals surface area (Å²) in [6.07, 6.45) is 0. The number of amides is 1. The second-order valence-electron chi connectivity index (χ2n) is 7.15. The van der Waals surface area contributed by atoms with Crippen LogP contribution in [0.1, 0.15) is 29.9 Å². The topological polar surface area (TPSA) is 86.0 Å². The molecule has 0 aliphatic rings. The molecule has 0 fully saturated rings. The minimum absolute atomic E-state index is 0.0951. The highest BCUT2D eigenvalue weighted by Crippen LogP contribution is 2.11. The Balaban J connectivity index is 2.17. The molecule has 0 saturated carbocycles. The molecule has 0 saturated heterocycles. The molecule has 3 rings (SSSR count). The van der Waals surface area contributed by atoms with E-state index in [0.29, 0.717) is 17.1 Å². The van der Waals surface area contributed by atoms with Crippen LogP contribution in [0.15, 0.2) is 58.1 Å². The molecule has 1 amide bonds. The molecule has 0 bridgehead atoms. The van der Waals surface area contributed by atoms with Crippen LogP contribution in [0.5, 0.6) is 0 Å². The lowest BCUT2D eigenvalue weighted by atomic mass is 10.2. The number of halogens is 2. The van der Waals surface area contributed by atoms with Crippen molar-refractivity contribution in [1.82, 2.24) is 19.7 Å². The summed E-state index contributed by atoms with van der Waals surface area (Å²) < 4.78 is 15.4. The van der Waals surface area contributed by atoms with Gasteiger partial charge in [0.05, 0.1) is 12.2 Å². The first kappa shape index (κ1) is 21.4. The van der Waals surface area contributed by atoms with Crippen LogP contribution in [0, 0.1) is 11.7 Å². The summed E-state index contributed by atoms with van der Waals surface area (Å²) in [6.45, 7) is 4.01. The molecule has 2 aromatic carbocycles. The van der Waals surface area contributed by atoms with E-state index in [2.05, 4.69) is 10.4 Å². The Kier molecular flexibility index (Phi) is 6.47. The monoisotopic (exact) mass is 430 g/mol. The van der Waals surface area contributed by atoms with Gasteiger partial charge < -0.3 is 5.32 Å². The highest BCUT2D eigenvalue weighted by Gasteiger charge is 2.20. The van der Waals surface area contributed by atoms with Gasteiger partial charge in [-0.15, -0.1) is 0 Å². The maximum atomic E-state index is 13.7. The van der Waals surface area contributed by atoms with Crippen molar-refractivity contribution in [2.24, 2.45) is 5.92 Å². The third kappa shape index (κ3) is 4.83. The second kappa shape index (κ2) is 9.04. The number of nitrogens with one attached hydrogen (secondary N) is 1. The van der Waals surface area contributed by atoms with Crippen LogP contribution in [0.3, 0.4) is 0 Å². The molecule has 3 aromatic rings. The third-order valence-electron chi connectivity index (χ3n) is 4.23. The lowest BCUT2D eigenvalue weighted by molar-refractivity contribution is 0.0939. The van der Waals surface area contributed by atoms with Gasteiger partial charge in [-0.25, -0.2) is 9.18 Å². The highest BCUT2D eigenvalue weighted by molar-refractivity contribution is 6.30. The summed E-state index contributed by atoms with van der Waals surface area (Å²) in [5.41, 5.74) is -1.41. The molecule has 1 heterocycles. The van der Waals surface area contributed by atoms with Gasteiger partial charge in [0.25, 0.3) is 11.5 Å². The summed E-state index contributed by atoms with van der Waals surface area (Å²) in [7, 11) is 0. The zero-order chi connectivity index (χ0) is 21.8. The van der Waals surface area contributed by atoms with Gasteiger partial charge in [-0.2, -0.15) is 9.78 Å². The smallest absolute Gasteiger partial charge is 0.350 e. The van der Waals surface area contributed by atoms with E-state index < -0.39 is 28.7 Å². The van der Waals surface area contributed by atoms with E-state index in [9.17, 15) is 18.8 Å². The van der Waals surface area contributed by atoms with Crippen LogP contribution in [0.25, 0.3) is 5.69 Å². The molecular formula is C21H20ClFN4O3. The SMILES string of the molecule is CC(C)CNC(=O)c1nn(-c2cccc(F)c2)c(=O)n(Cc2cccc(Cl)c2)c1=O. The Morgan fingerprint density at radius 3 is 2.57 bits per heavy atom. The molecule has 156 valence electrons. The van der Waals surface area contributed by atoms with Crippen molar-refractivity contribution in [3.63, 3.8) is 0 Å². The summed E-state index contributed by atoms with van der Waals surface area (Å²) in [5.74, 6) is -1.14. The first-order valence-corrected chi connectivity index (χ1v) is 9.67. The van der Waals surface area contributed by atoms with Gasteiger partial charge in [0.1, 0.15) is 5.82 Å². The molecule has 0 aliphatic heterocycles. The molecule has 9 heteroatoms. The van der Waals surface area contributed by atoms with E-state index in [1.165, 1.54) is 18.2 Å². The van der Waals surface area contributed by atoms with E-state index in [4.69, 9.17) is 11.6 Å². The van der Waals surface area contributed by atoms with E-state index in [1.807, 2.05) is 13.8 Å². The number of rotatable bonds is 6. The van der Waals surface area contributed by atoms with E-state index in [0.717, 1.165) is 15.3 Å². The average Bonchev–Trinajstić information content (AvgIpc) is 2.69. The summed E-state index contributed by atoms with van der Waals surface area (Å²) >= 11 is 6.00. The number of nitrogens with zero attached hydrogens (tertiary/aromatic N) is 3. The zero-order valence-electron chi connectivity index (χ0n) is 16.4. The Labute approximate surface area is 176 Å². The molecule has 1 aromatic heterocycles. The summed E-state index contributed by atoms with van der Waals surface area (Å²) in [6, 6.07) is 11.8. The minimum atomic E-state index is -0.839. The van der Waals surface area contributed by atoms with Gasteiger partial charge in [-0.1, -0.05) is 43.6 Å². The van der Waals surface area contributed by atoms with E-state index >= 15 is 0 Å². The molecule has 30 heavy (non-hydrogen) atoms. The maximum absolute atomic E-state index is 13.7. The fourth-order valence-electron chi connectivity index (χ4n) is 2.77. The number of carbonyl (C=O) groups is 1. The molecule has 0 atom stereocenters. The Hall–Kier alpha value is -3.26. The molecule has 7 nitrogen and oxygen atoms in total. The zero-order valence-corrected chi connectivity index (χ0v) is 17.2. The quantitative estimate of drug-likeness (QED) is 0.651. The lowest BCUT2D eigenvalue weighted by Gasteiger charge is -2.13. The summed E-state index contributed by atoms with van der Waals surface area (Å²) in [4.78, 5) is 38.5. The van der Waals surface area contributed by atoms with Crippen LogP contribution in [0.4, 0.5) is 4.39 Å². The van der Waals surface area contributed by atoms with E-state index in [-0.39, 0.29) is 18.2 Å². The molecule has 0 unspecified atom stereocenters. The van der Waals surface area contributed by atoms with Crippen molar-refractivity contribution in [3.8, 4) is 5.69 Å². The van der Waals surface area contributed by atoms with Crippen molar-refractivity contribution in [1.29, 1.82) is 0 Å². The van der Waals surface area contributed by atoms with Crippen LogP contribution in [-0.2, 0) is 6.54 Å². The number of hydrogen-bond acceptors (Lipinski definition) is 4. The van der Waals surface area contributed by atoms with Crippen LogP contribution in [-0.4, -0.2) is 26.8 Å². The second-order valence-corrected chi connectivity index (χ2v) is 7.58. The molecule has 0 spiro atoms. The largest absolute Gasteiger partial charge is 0.352 e. The van der Waals surface area contributed by atoms with Gasteiger partial charge in [0, 0.05) is 11.6 Å². The average molecular weight is 431 g/mol. The molecule has 0 aliphatic carbocycles. The van der Waals surface area contributed by atoms with Gasteiger partial charge in [-0.3, -0.25) is 14.2 Å². The maximum Gasteiger partial charge on any atom is 0.352 e. The van der Waals surface area contributed by atoms with Crippen LogP contribution in [0.2, 0.25) is 5.02 Å². The van der Waals surface area contributed by atoms with Crippen LogP contribution < -0.4 is 16.6 Å². The Morgan fingerprint density at radius 2 is 1.90 bits per heavy atom. The first-order chi connectivity index (χ1) is 14.3. The Morgan fingerprint density at radius 1 is 1.17 bits per heavy atom.